The van der Waals surface area contributed by atoms with Gasteiger partial charge in [0.05, 0.1) is 0 Å². The Morgan fingerprint density at radius 1 is 0.585 bits per heavy atom. The molecular weight excluding hydrogens is 726 g/mol. The van der Waals surface area contributed by atoms with E-state index in [1.807, 2.05) is 0 Å². The molecule has 0 fully saturated rings. The lowest BCUT2D eigenvalue weighted by Crippen LogP contribution is -2.58. The Morgan fingerprint density at radius 2 is 0.962 bits per heavy atom. The second-order valence-corrected chi connectivity index (χ2v) is 12.2. The molecule has 53 heavy (non-hydrogen) atoms. The number of hydrogen-bond donors (Lipinski definition) is 9. The highest BCUT2D eigenvalue weighted by atomic mass is 19.4. The van der Waals surface area contributed by atoms with Gasteiger partial charge in [-0.15, -0.1) is 0 Å². The predicted molar refractivity (Wildman–Crippen MR) is 182 cm³/mol. The molecule has 11 N–H and O–H groups in total. The molecular formula is C32H58F6N6O9. The summed E-state index contributed by atoms with van der Waals surface area (Å²) in [6.07, 6.45) is 4.90. The fourth-order valence-corrected chi connectivity index (χ4v) is 4.29. The van der Waals surface area contributed by atoms with Gasteiger partial charge in [-0.25, -0.2) is 19.2 Å². The van der Waals surface area contributed by atoms with Gasteiger partial charge in [0.2, 0.25) is 11.8 Å². The summed E-state index contributed by atoms with van der Waals surface area (Å²) >= 11 is 0. The van der Waals surface area contributed by atoms with Gasteiger partial charge in [0, 0.05) is 6.54 Å². The Kier molecular flexibility index (Phi) is 30.8. The summed E-state index contributed by atoms with van der Waals surface area (Å²) in [5.41, 5.74) is 11.1. The van der Waals surface area contributed by atoms with Gasteiger partial charge < -0.3 is 48.1 Å². The number of unbranched alkanes of at least 4 members (excludes halogenated alkanes) is 11. The molecule has 312 valence electrons. The summed E-state index contributed by atoms with van der Waals surface area (Å²) in [6, 6.07) is -3.52. The Morgan fingerprint density at radius 3 is 1.30 bits per heavy atom. The molecule has 0 spiro atoms. The number of halogens is 6. The maximum Gasteiger partial charge on any atom is 0.490 e. The number of carboxylic acids is 3. The highest BCUT2D eigenvalue weighted by Gasteiger charge is 2.39. The first-order chi connectivity index (χ1) is 24.6. The van der Waals surface area contributed by atoms with Gasteiger partial charge in [0.15, 0.2) is 0 Å². The molecule has 0 aromatic carbocycles. The number of rotatable bonds is 24. The van der Waals surface area contributed by atoms with Crippen LogP contribution in [0.15, 0.2) is 0 Å². The molecule has 3 unspecified atom stereocenters. The first-order valence-corrected chi connectivity index (χ1v) is 17.4. The second kappa shape index (κ2) is 30.6. The van der Waals surface area contributed by atoms with Crippen molar-refractivity contribution in [2.24, 2.45) is 17.4 Å². The number of urea groups is 1. The van der Waals surface area contributed by atoms with Crippen LogP contribution in [-0.2, 0) is 24.0 Å². The summed E-state index contributed by atoms with van der Waals surface area (Å²) in [5.74, 6) is -8.21. The molecule has 0 saturated carbocycles. The minimum atomic E-state index is -5.08. The van der Waals surface area contributed by atoms with E-state index in [0.29, 0.717) is 6.54 Å². The van der Waals surface area contributed by atoms with Gasteiger partial charge in [-0.2, -0.15) is 26.3 Å². The number of nitrogens with two attached hydrogens (primary N) is 2. The van der Waals surface area contributed by atoms with Gasteiger partial charge in [0.1, 0.15) is 18.1 Å². The van der Waals surface area contributed by atoms with E-state index < -0.39 is 66.2 Å². The van der Waals surface area contributed by atoms with Crippen LogP contribution in [0.5, 0.6) is 0 Å². The van der Waals surface area contributed by atoms with Gasteiger partial charge in [-0.3, -0.25) is 9.59 Å². The molecule has 0 aliphatic heterocycles. The molecule has 0 aliphatic carbocycles. The average molecular weight is 785 g/mol. The van der Waals surface area contributed by atoms with E-state index in [1.54, 1.807) is 13.8 Å². The van der Waals surface area contributed by atoms with E-state index in [1.165, 1.54) is 57.8 Å². The molecule has 0 bridgehead atoms. The lowest BCUT2D eigenvalue weighted by molar-refractivity contribution is -0.193. The van der Waals surface area contributed by atoms with E-state index in [0.717, 1.165) is 19.3 Å². The fourth-order valence-electron chi connectivity index (χ4n) is 4.29. The summed E-state index contributed by atoms with van der Waals surface area (Å²) in [4.78, 5) is 67.1. The lowest BCUT2D eigenvalue weighted by Gasteiger charge is -2.26. The lowest BCUT2D eigenvalue weighted by atomic mass is 10.0. The van der Waals surface area contributed by atoms with E-state index in [-0.39, 0.29) is 31.8 Å². The van der Waals surface area contributed by atoms with E-state index in [2.05, 4.69) is 28.2 Å². The Balaban J connectivity index is -0.00000149. The van der Waals surface area contributed by atoms with Gasteiger partial charge in [0.25, 0.3) is 0 Å². The summed E-state index contributed by atoms with van der Waals surface area (Å²) < 4.78 is 63.5. The Bertz CT molecular complexity index is 1040. The van der Waals surface area contributed by atoms with E-state index in [4.69, 9.17) is 31.3 Å². The number of aliphatic carboxylic acids is 3. The summed E-state index contributed by atoms with van der Waals surface area (Å²) in [6.45, 7) is 6.46. The number of amides is 4. The highest BCUT2D eigenvalue weighted by molar-refractivity contribution is 5.93. The first-order valence-electron chi connectivity index (χ1n) is 17.4. The molecule has 15 nitrogen and oxygen atoms in total. The largest absolute Gasteiger partial charge is 0.490 e. The molecule has 0 radical (unpaired) electrons. The van der Waals surface area contributed by atoms with Gasteiger partial charge in [-0.1, -0.05) is 91.4 Å². The third-order valence-corrected chi connectivity index (χ3v) is 7.19. The molecule has 4 amide bonds. The standard InChI is InChI=1S/C28H56N6O5.2C2HF3O2/c1-4-5-6-7-8-9-10-11-12-13-14-15-20-31-28(39)33-22(16-18-29)25(35)34-24(21(2)3)26(36)32-23(17-19-30)27(37)38;2*3-2(4,5)1(6)7/h21-24H,4-20,29-30H2,1-3H3,(H,32,36)(H,34,35)(H,37,38)(H2,31,33,39);2*(H,6,7). The van der Waals surface area contributed by atoms with Crippen LogP contribution in [0.1, 0.15) is 111 Å². The highest BCUT2D eigenvalue weighted by Crippen LogP contribution is 2.14. The van der Waals surface area contributed by atoms with Crippen LogP contribution in [0.3, 0.4) is 0 Å². The third-order valence-electron chi connectivity index (χ3n) is 7.19. The van der Waals surface area contributed by atoms with Crippen LogP contribution in [0.25, 0.3) is 0 Å². The van der Waals surface area contributed by atoms with E-state index >= 15 is 0 Å². The summed E-state index contributed by atoms with van der Waals surface area (Å²) in [5, 5.41) is 34.0. The number of nitrogens with one attached hydrogen (secondary N) is 4. The number of carbonyl (C=O) groups is 6. The number of hydrogen-bond acceptors (Lipinski definition) is 8. The van der Waals surface area contributed by atoms with Crippen molar-refractivity contribution in [2.75, 3.05) is 19.6 Å². The van der Waals surface area contributed by atoms with Gasteiger partial charge >= 0.3 is 36.3 Å². The second-order valence-electron chi connectivity index (χ2n) is 12.2. The van der Waals surface area contributed by atoms with Crippen molar-refractivity contribution in [3.05, 3.63) is 0 Å². The molecule has 21 heteroatoms. The van der Waals surface area contributed by atoms with Crippen LogP contribution < -0.4 is 32.7 Å². The minimum absolute atomic E-state index is 0.0660. The zero-order chi connectivity index (χ0) is 41.6. The quantitative estimate of drug-likeness (QED) is 0.0498. The monoisotopic (exact) mass is 784 g/mol. The van der Waals surface area contributed by atoms with Crippen molar-refractivity contribution >= 4 is 35.8 Å². The van der Waals surface area contributed by atoms with Crippen molar-refractivity contribution < 1.29 is 70.4 Å². The van der Waals surface area contributed by atoms with Crippen molar-refractivity contribution in [2.45, 2.75) is 141 Å². The zero-order valence-electron chi connectivity index (χ0n) is 30.5. The number of alkyl halides is 6. The topological polar surface area (TPSA) is 263 Å². The molecule has 0 aromatic rings. The SMILES string of the molecule is CCCCCCCCCCCCCCNC(=O)NC(CCN)C(=O)NC(C(=O)NC(CCN)C(=O)O)C(C)C.O=C(O)C(F)(F)F.O=C(O)C(F)(F)F. The van der Waals surface area contributed by atoms with Crippen molar-refractivity contribution in [3.63, 3.8) is 0 Å². The van der Waals surface area contributed by atoms with E-state index in [9.17, 15) is 50.6 Å². The van der Waals surface area contributed by atoms with Crippen LogP contribution in [0.4, 0.5) is 31.1 Å². The first kappa shape index (κ1) is 53.5. The number of carbonyl (C=O) groups excluding carboxylic acids is 3. The molecule has 0 aliphatic rings. The smallest absolute Gasteiger partial charge is 0.480 e. The molecule has 3 atom stereocenters. The molecule has 0 heterocycles. The van der Waals surface area contributed by atoms with Crippen LogP contribution >= 0.6 is 0 Å². The van der Waals surface area contributed by atoms with Gasteiger partial charge in [-0.05, 0) is 38.3 Å². The van der Waals surface area contributed by atoms with Crippen molar-refractivity contribution in [3.8, 4) is 0 Å². The Labute approximate surface area is 305 Å². The minimum Gasteiger partial charge on any atom is -0.480 e. The number of carboxylic acid groups (broad SMARTS) is 3. The Hall–Kier alpha value is -3.88. The maximum atomic E-state index is 12.9. The average Bonchev–Trinajstić information content (AvgIpc) is 3.04. The van der Waals surface area contributed by atoms with Crippen molar-refractivity contribution in [1.29, 1.82) is 0 Å². The fraction of sp³-hybridized carbons (Fsp3) is 0.812. The van der Waals surface area contributed by atoms with Crippen LogP contribution in [0.2, 0.25) is 0 Å². The zero-order valence-corrected chi connectivity index (χ0v) is 30.5. The molecule has 0 saturated heterocycles. The third kappa shape index (κ3) is 31.4. The molecule has 0 rings (SSSR count). The maximum absolute atomic E-state index is 12.9. The summed E-state index contributed by atoms with van der Waals surface area (Å²) in [7, 11) is 0. The predicted octanol–water partition coefficient (Wildman–Crippen LogP) is 4.03. The van der Waals surface area contributed by atoms with Crippen LogP contribution in [-0.4, -0.2) is 101 Å². The molecule has 0 aromatic heterocycles. The van der Waals surface area contributed by atoms with Crippen molar-refractivity contribution in [1.82, 2.24) is 21.3 Å². The van der Waals surface area contributed by atoms with Crippen LogP contribution in [0, 0.1) is 5.92 Å². The normalized spacial score (nSPS) is 12.8.